The molecule has 0 saturated carbocycles. The zero-order valence-electron chi connectivity index (χ0n) is 15.5. The van der Waals surface area contributed by atoms with Gasteiger partial charge in [-0.05, 0) is 37.1 Å². The van der Waals surface area contributed by atoms with E-state index in [1.54, 1.807) is 12.1 Å². The molecule has 1 aromatic carbocycles. The first kappa shape index (κ1) is 19.8. The number of halogens is 1. The summed E-state index contributed by atoms with van der Waals surface area (Å²) in [6.45, 7) is 4.40. The molecule has 0 aliphatic carbocycles. The molecule has 0 N–H and O–H groups in total. The molecule has 4 rings (SSSR count). The Morgan fingerprint density at radius 1 is 1.07 bits per heavy atom. The van der Waals surface area contributed by atoms with Crippen molar-refractivity contribution in [3.05, 3.63) is 46.3 Å². The first-order chi connectivity index (χ1) is 13.4. The molecule has 0 radical (unpaired) electrons. The lowest BCUT2D eigenvalue weighted by Crippen LogP contribution is -2.55. The number of nitrogens with zero attached hydrogens (tertiary/aromatic N) is 3. The summed E-state index contributed by atoms with van der Waals surface area (Å²) >= 11 is 6.96. The monoisotopic (exact) mass is 439 g/mol. The van der Waals surface area contributed by atoms with Crippen molar-refractivity contribution in [2.24, 2.45) is 0 Å². The fraction of sp³-hybridized carbons (Fsp3) is 0.421. The average molecular weight is 440 g/mol. The van der Waals surface area contributed by atoms with E-state index in [0.717, 1.165) is 23.4 Å². The van der Waals surface area contributed by atoms with Crippen LogP contribution in [0.15, 0.2) is 40.6 Å². The molecule has 28 heavy (non-hydrogen) atoms. The number of hydrogen-bond acceptors (Lipinski definition) is 5. The minimum Gasteiger partial charge on any atom is -0.310 e. The number of amides is 1. The fourth-order valence-electron chi connectivity index (χ4n) is 3.84. The first-order valence-corrected chi connectivity index (χ1v) is 11.9. The van der Waals surface area contributed by atoms with Crippen LogP contribution in [-0.2, 0) is 21.2 Å². The molecule has 1 fully saturated rings. The van der Waals surface area contributed by atoms with Crippen LogP contribution >= 0.6 is 22.9 Å². The number of benzene rings is 1. The molecule has 0 unspecified atom stereocenters. The Morgan fingerprint density at radius 2 is 1.79 bits per heavy atom. The Kier molecular flexibility index (Phi) is 5.50. The summed E-state index contributed by atoms with van der Waals surface area (Å²) < 4.78 is 27.7. The van der Waals surface area contributed by atoms with Crippen LogP contribution in [0.25, 0.3) is 0 Å². The number of fused-ring (bicyclic) bond motifs is 1. The molecule has 1 amide bonds. The maximum atomic E-state index is 13.0. The topological polar surface area (TPSA) is 60.9 Å². The number of sulfonamides is 1. The molecular formula is C19H22ClN3O3S2. The van der Waals surface area contributed by atoms with Gasteiger partial charge in [0.2, 0.25) is 5.91 Å². The van der Waals surface area contributed by atoms with Crippen molar-refractivity contribution in [1.29, 1.82) is 0 Å². The largest absolute Gasteiger partial charge is 0.310 e. The van der Waals surface area contributed by atoms with Gasteiger partial charge >= 0.3 is 0 Å². The smallest absolute Gasteiger partial charge is 0.252 e. The molecule has 6 nitrogen and oxygen atoms in total. The van der Waals surface area contributed by atoms with E-state index in [1.165, 1.54) is 9.87 Å². The molecule has 9 heteroatoms. The predicted molar refractivity (Wildman–Crippen MR) is 112 cm³/mol. The Hall–Kier alpha value is -1.45. The molecule has 0 bridgehead atoms. The third-order valence-corrected chi connectivity index (χ3v) is 9.07. The summed E-state index contributed by atoms with van der Waals surface area (Å²) in [7, 11) is -3.52. The van der Waals surface area contributed by atoms with Gasteiger partial charge in [-0.3, -0.25) is 9.69 Å². The molecule has 150 valence electrons. The molecule has 2 aliphatic heterocycles. The number of hydrogen-bond donors (Lipinski definition) is 0. The second-order valence-electron chi connectivity index (χ2n) is 7.04. The van der Waals surface area contributed by atoms with Gasteiger partial charge in [0.1, 0.15) is 4.21 Å². The molecular weight excluding hydrogens is 418 g/mol. The molecule has 1 atom stereocenters. The van der Waals surface area contributed by atoms with Crippen LogP contribution in [0.1, 0.15) is 12.5 Å². The third-order valence-electron chi connectivity index (χ3n) is 5.47. The van der Waals surface area contributed by atoms with Crippen molar-refractivity contribution < 1.29 is 13.2 Å². The van der Waals surface area contributed by atoms with Crippen molar-refractivity contribution in [3.8, 4) is 0 Å². The highest BCUT2D eigenvalue weighted by atomic mass is 35.5. The second kappa shape index (κ2) is 7.76. The predicted octanol–water partition coefficient (Wildman–Crippen LogP) is 2.69. The molecule has 2 aromatic rings. The number of carbonyl (C=O) groups excluding carboxylic acids is 1. The molecule has 1 saturated heterocycles. The summed E-state index contributed by atoms with van der Waals surface area (Å²) in [5, 5.41) is 0. The Labute approximate surface area is 174 Å². The van der Waals surface area contributed by atoms with Crippen molar-refractivity contribution in [2.45, 2.75) is 23.6 Å². The molecule has 2 aliphatic rings. The van der Waals surface area contributed by atoms with Crippen LogP contribution in [0.4, 0.5) is 5.69 Å². The van der Waals surface area contributed by atoms with Crippen LogP contribution in [0, 0.1) is 0 Å². The summed E-state index contributed by atoms with van der Waals surface area (Å²) in [6.07, 6.45) is 0.879. The average Bonchev–Trinajstić information content (AvgIpc) is 3.33. The summed E-state index contributed by atoms with van der Waals surface area (Å²) in [5.74, 6) is 0.0753. The minimum absolute atomic E-state index is 0.0753. The van der Waals surface area contributed by atoms with E-state index >= 15 is 0 Å². The van der Waals surface area contributed by atoms with Crippen molar-refractivity contribution in [2.75, 3.05) is 37.6 Å². The van der Waals surface area contributed by atoms with Crippen LogP contribution in [0.2, 0.25) is 4.34 Å². The van der Waals surface area contributed by atoms with E-state index in [2.05, 4.69) is 11.0 Å². The maximum absolute atomic E-state index is 13.0. The number of piperazine rings is 1. The lowest BCUT2D eigenvalue weighted by atomic mass is 10.1. The van der Waals surface area contributed by atoms with Crippen LogP contribution in [-0.4, -0.2) is 62.3 Å². The van der Waals surface area contributed by atoms with Crippen molar-refractivity contribution in [3.63, 3.8) is 0 Å². The molecule has 3 heterocycles. The SMILES string of the molecule is C[C@H](C(=O)N1CCc2ccccc21)N1CCN(S(=O)(=O)c2ccc(Cl)s2)CC1. The second-order valence-corrected chi connectivity index (χ2v) is 10.9. The minimum atomic E-state index is -3.52. The maximum Gasteiger partial charge on any atom is 0.252 e. The number of anilines is 1. The Morgan fingerprint density at radius 3 is 2.46 bits per heavy atom. The van der Waals surface area contributed by atoms with Crippen LogP contribution in [0.3, 0.4) is 0 Å². The number of para-hydroxylation sites is 1. The standard InChI is InChI=1S/C19H22ClN3O3S2/c1-14(19(24)23-9-8-15-4-2-3-5-16(15)23)21-10-12-22(13-11-21)28(25,26)18-7-6-17(20)27-18/h2-7,14H,8-13H2,1H3/t14-/m1/s1. The lowest BCUT2D eigenvalue weighted by Gasteiger charge is -2.37. The number of thiophene rings is 1. The van der Waals surface area contributed by atoms with Gasteiger partial charge in [0.25, 0.3) is 10.0 Å². The van der Waals surface area contributed by atoms with Gasteiger partial charge in [0, 0.05) is 38.4 Å². The highest BCUT2D eigenvalue weighted by Gasteiger charge is 2.35. The van der Waals surface area contributed by atoms with Gasteiger partial charge in [-0.15, -0.1) is 11.3 Å². The van der Waals surface area contributed by atoms with Gasteiger partial charge in [-0.25, -0.2) is 8.42 Å². The van der Waals surface area contributed by atoms with Gasteiger partial charge in [0.15, 0.2) is 0 Å². The zero-order chi connectivity index (χ0) is 19.9. The van der Waals surface area contributed by atoms with E-state index in [-0.39, 0.29) is 16.2 Å². The quantitative estimate of drug-likeness (QED) is 0.734. The third kappa shape index (κ3) is 3.59. The van der Waals surface area contributed by atoms with Gasteiger partial charge in [-0.1, -0.05) is 29.8 Å². The number of carbonyl (C=O) groups is 1. The highest BCUT2D eigenvalue weighted by Crippen LogP contribution is 2.30. The zero-order valence-corrected chi connectivity index (χ0v) is 17.9. The molecule has 0 spiro atoms. The van der Waals surface area contributed by atoms with Crippen LogP contribution in [0.5, 0.6) is 0 Å². The van der Waals surface area contributed by atoms with Crippen molar-refractivity contribution in [1.82, 2.24) is 9.21 Å². The summed E-state index contributed by atoms with van der Waals surface area (Å²) in [6, 6.07) is 10.9. The van der Waals surface area contributed by atoms with E-state index in [1.807, 2.05) is 30.0 Å². The normalized spacial score (nSPS) is 19.6. The van der Waals surface area contributed by atoms with Crippen molar-refractivity contribution >= 4 is 44.6 Å². The van der Waals surface area contributed by atoms with Gasteiger partial charge in [-0.2, -0.15) is 4.31 Å². The number of rotatable bonds is 4. The van der Waals surface area contributed by atoms with Gasteiger partial charge < -0.3 is 4.90 Å². The highest BCUT2D eigenvalue weighted by molar-refractivity contribution is 7.91. The summed E-state index contributed by atoms with van der Waals surface area (Å²) in [4.78, 5) is 17.0. The Bertz CT molecular complexity index is 984. The fourth-order valence-corrected chi connectivity index (χ4v) is 6.90. The van der Waals surface area contributed by atoms with E-state index in [0.29, 0.717) is 37.1 Å². The first-order valence-electron chi connectivity index (χ1n) is 9.27. The van der Waals surface area contributed by atoms with E-state index in [9.17, 15) is 13.2 Å². The lowest BCUT2D eigenvalue weighted by molar-refractivity contribution is -0.123. The van der Waals surface area contributed by atoms with E-state index in [4.69, 9.17) is 11.6 Å². The molecule has 1 aromatic heterocycles. The van der Waals surface area contributed by atoms with E-state index < -0.39 is 10.0 Å². The summed E-state index contributed by atoms with van der Waals surface area (Å²) in [5.41, 5.74) is 2.20. The Balaban J connectivity index is 1.40. The van der Waals surface area contributed by atoms with Crippen LogP contribution < -0.4 is 4.90 Å². The van der Waals surface area contributed by atoms with Gasteiger partial charge in [0.05, 0.1) is 10.4 Å².